The van der Waals surface area contributed by atoms with Gasteiger partial charge < -0.3 is 10.2 Å². The number of para-hydroxylation sites is 1. The van der Waals surface area contributed by atoms with E-state index in [1.807, 2.05) is 0 Å². The minimum atomic E-state index is -0.730. The van der Waals surface area contributed by atoms with Crippen molar-refractivity contribution in [3.63, 3.8) is 0 Å². The third kappa shape index (κ3) is 2.11. The molecule has 2 rings (SSSR count). The van der Waals surface area contributed by atoms with Gasteiger partial charge in [-0.3, -0.25) is 14.9 Å². The summed E-state index contributed by atoms with van der Waals surface area (Å²) in [4.78, 5) is 23.3. The first-order valence-electron chi connectivity index (χ1n) is 5.45. The number of hydrogen-bond acceptors (Lipinski definition) is 4. The van der Waals surface area contributed by atoms with E-state index < -0.39 is 16.8 Å². The zero-order valence-electron chi connectivity index (χ0n) is 9.72. The molecule has 0 bridgehead atoms. The summed E-state index contributed by atoms with van der Waals surface area (Å²) in [6, 6.07) is 2.99. The second-order valence-electron chi connectivity index (χ2n) is 4.14. The Bertz CT molecular complexity index is 506. The highest BCUT2D eigenvalue weighted by atomic mass is 19.1. The van der Waals surface area contributed by atoms with E-state index in [2.05, 4.69) is 5.32 Å². The first kappa shape index (κ1) is 12.3. The second kappa shape index (κ2) is 4.59. The molecule has 6 nitrogen and oxygen atoms in total. The number of rotatable bonds is 3. The first-order chi connectivity index (χ1) is 8.50. The number of likely N-dealkylation sites (N-methyl/N-ethyl adjacent to an activating group) is 1. The fourth-order valence-corrected chi connectivity index (χ4v) is 1.94. The maximum Gasteiger partial charge on any atom is 0.295 e. The first-order valence-corrected chi connectivity index (χ1v) is 5.45. The van der Waals surface area contributed by atoms with Crippen LogP contribution in [0.3, 0.4) is 0 Å². The SMILES string of the molecule is CN1CCC(Nc2c(F)cccc2[N+](=O)[O-])C1=O. The standard InChI is InChI=1S/C11H12FN3O3/c1-14-6-5-8(11(14)16)13-10-7(12)3-2-4-9(10)15(17)18/h2-4,8,13H,5-6H2,1H3. The largest absolute Gasteiger partial charge is 0.366 e. The highest BCUT2D eigenvalue weighted by molar-refractivity contribution is 5.87. The molecule has 7 heteroatoms. The molecule has 0 radical (unpaired) electrons. The number of benzene rings is 1. The van der Waals surface area contributed by atoms with Crippen molar-refractivity contribution in [3.05, 3.63) is 34.1 Å². The highest BCUT2D eigenvalue weighted by Crippen LogP contribution is 2.29. The van der Waals surface area contributed by atoms with Crippen LogP contribution in [-0.2, 0) is 4.79 Å². The maximum atomic E-state index is 13.6. The average Bonchev–Trinajstić information content (AvgIpc) is 2.63. The van der Waals surface area contributed by atoms with Crippen molar-refractivity contribution in [3.8, 4) is 0 Å². The molecule has 1 fully saturated rings. The molecule has 1 aliphatic rings. The monoisotopic (exact) mass is 253 g/mol. The minimum Gasteiger partial charge on any atom is -0.366 e. The van der Waals surface area contributed by atoms with E-state index in [0.717, 1.165) is 6.07 Å². The molecule has 1 amide bonds. The lowest BCUT2D eigenvalue weighted by Crippen LogP contribution is -2.31. The maximum absolute atomic E-state index is 13.6. The molecule has 96 valence electrons. The number of halogens is 1. The molecule has 1 aliphatic heterocycles. The molecule has 1 heterocycles. The number of nitrogens with zero attached hydrogens (tertiary/aromatic N) is 2. The zero-order valence-corrected chi connectivity index (χ0v) is 9.72. The molecule has 1 aromatic carbocycles. The molecular formula is C11H12FN3O3. The van der Waals surface area contributed by atoms with Gasteiger partial charge in [0.1, 0.15) is 11.7 Å². The Morgan fingerprint density at radius 3 is 2.83 bits per heavy atom. The van der Waals surface area contributed by atoms with E-state index in [0.29, 0.717) is 13.0 Å². The number of nitro groups is 1. The molecule has 1 N–H and O–H groups in total. The minimum absolute atomic E-state index is 0.187. The van der Waals surface area contributed by atoms with Crippen LogP contribution in [0.1, 0.15) is 6.42 Å². The molecule has 0 aliphatic carbocycles. The van der Waals surface area contributed by atoms with Gasteiger partial charge in [0.15, 0.2) is 5.82 Å². The average molecular weight is 253 g/mol. The Hall–Kier alpha value is -2.18. The van der Waals surface area contributed by atoms with Gasteiger partial charge >= 0.3 is 0 Å². The van der Waals surface area contributed by atoms with Crippen LogP contribution < -0.4 is 5.32 Å². The number of carbonyl (C=O) groups excluding carboxylic acids is 1. The Morgan fingerprint density at radius 2 is 2.28 bits per heavy atom. The summed E-state index contributed by atoms with van der Waals surface area (Å²) in [5.41, 5.74) is -0.589. The van der Waals surface area contributed by atoms with Crippen LogP contribution in [0.15, 0.2) is 18.2 Å². The molecule has 18 heavy (non-hydrogen) atoms. The fourth-order valence-electron chi connectivity index (χ4n) is 1.94. The van der Waals surface area contributed by atoms with Gasteiger partial charge in [-0.2, -0.15) is 0 Å². The summed E-state index contributed by atoms with van der Waals surface area (Å²) in [7, 11) is 1.64. The number of anilines is 1. The van der Waals surface area contributed by atoms with Gasteiger partial charge in [0.25, 0.3) is 5.69 Å². The van der Waals surface area contributed by atoms with Gasteiger partial charge in [0.2, 0.25) is 5.91 Å². The van der Waals surface area contributed by atoms with Crippen molar-refractivity contribution in [1.29, 1.82) is 0 Å². The van der Waals surface area contributed by atoms with Crippen molar-refractivity contribution in [2.45, 2.75) is 12.5 Å². The van der Waals surface area contributed by atoms with Crippen molar-refractivity contribution in [2.75, 3.05) is 18.9 Å². The topological polar surface area (TPSA) is 75.5 Å². The molecule has 1 unspecified atom stereocenters. The predicted molar refractivity (Wildman–Crippen MR) is 62.7 cm³/mol. The summed E-state index contributed by atoms with van der Waals surface area (Å²) < 4.78 is 13.6. The number of hydrogen-bond donors (Lipinski definition) is 1. The van der Waals surface area contributed by atoms with Gasteiger partial charge in [0.05, 0.1) is 4.92 Å². The fraction of sp³-hybridized carbons (Fsp3) is 0.364. The lowest BCUT2D eigenvalue weighted by molar-refractivity contribution is -0.384. The van der Waals surface area contributed by atoms with Crippen LogP contribution in [0.2, 0.25) is 0 Å². The Labute approximate surface area is 103 Å². The number of nitro benzene ring substituents is 1. The molecule has 0 saturated carbocycles. The van der Waals surface area contributed by atoms with Crippen molar-refractivity contribution in [2.24, 2.45) is 0 Å². The van der Waals surface area contributed by atoms with Crippen molar-refractivity contribution in [1.82, 2.24) is 4.90 Å². The zero-order chi connectivity index (χ0) is 13.3. The van der Waals surface area contributed by atoms with Gasteiger partial charge in [-0.25, -0.2) is 4.39 Å². The molecule has 0 aromatic heterocycles. The van der Waals surface area contributed by atoms with Crippen molar-refractivity contribution >= 4 is 17.3 Å². The van der Waals surface area contributed by atoms with Crippen LogP contribution >= 0.6 is 0 Å². The summed E-state index contributed by atoms with van der Waals surface area (Å²) in [5.74, 6) is -0.917. The molecule has 1 aromatic rings. The number of likely N-dealkylation sites (tertiary alicyclic amines) is 1. The van der Waals surface area contributed by atoms with Crippen LogP contribution in [-0.4, -0.2) is 35.4 Å². The lowest BCUT2D eigenvalue weighted by atomic mass is 10.2. The van der Waals surface area contributed by atoms with Gasteiger partial charge in [0, 0.05) is 19.7 Å². The quantitative estimate of drug-likeness (QED) is 0.652. The number of amides is 1. The van der Waals surface area contributed by atoms with Crippen LogP contribution in [0.5, 0.6) is 0 Å². The second-order valence-corrected chi connectivity index (χ2v) is 4.14. The van der Waals surface area contributed by atoms with Crippen LogP contribution in [0.4, 0.5) is 15.8 Å². The molecular weight excluding hydrogens is 241 g/mol. The summed E-state index contributed by atoms with van der Waals surface area (Å²) in [5, 5.41) is 13.4. The normalized spacial score (nSPS) is 19.1. The Morgan fingerprint density at radius 1 is 1.56 bits per heavy atom. The van der Waals surface area contributed by atoms with E-state index >= 15 is 0 Å². The van der Waals surface area contributed by atoms with E-state index in [1.165, 1.54) is 17.0 Å². The van der Waals surface area contributed by atoms with Gasteiger partial charge in [-0.05, 0) is 12.5 Å². The highest BCUT2D eigenvalue weighted by Gasteiger charge is 2.31. The predicted octanol–water partition coefficient (Wildman–Crippen LogP) is 1.38. The molecule has 1 atom stereocenters. The molecule has 0 spiro atoms. The van der Waals surface area contributed by atoms with Gasteiger partial charge in [-0.1, -0.05) is 6.07 Å². The summed E-state index contributed by atoms with van der Waals surface area (Å²) in [6.45, 7) is 0.554. The van der Waals surface area contributed by atoms with E-state index in [1.54, 1.807) is 7.05 Å². The Kier molecular flexibility index (Phi) is 3.14. The smallest absolute Gasteiger partial charge is 0.295 e. The molecule has 1 saturated heterocycles. The van der Waals surface area contributed by atoms with Crippen LogP contribution in [0.25, 0.3) is 0 Å². The van der Waals surface area contributed by atoms with E-state index in [4.69, 9.17) is 0 Å². The third-order valence-electron chi connectivity index (χ3n) is 2.93. The van der Waals surface area contributed by atoms with Crippen LogP contribution in [0, 0.1) is 15.9 Å². The summed E-state index contributed by atoms with van der Waals surface area (Å²) in [6.07, 6.45) is 0.501. The van der Waals surface area contributed by atoms with E-state index in [-0.39, 0.29) is 17.3 Å². The lowest BCUT2D eigenvalue weighted by Gasteiger charge is -2.14. The summed E-state index contributed by atoms with van der Waals surface area (Å²) >= 11 is 0. The Balaban J connectivity index is 2.29. The van der Waals surface area contributed by atoms with Gasteiger partial charge in [-0.15, -0.1) is 0 Å². The number of carbonyl (C=O) groups is 1. The van der Waals surface area contributed by atoms with Crippen molar-refractivity contribution < 1.29 is 14.1 Å². The third-order valence-corrected chi connectivity index (χ3v) is 2.93. The van der Waals surface area contributed by atoms with E-state index in [9.17, 15) is 19.3 Å². The number of nitrogens with one attached hydrogen (secondary N) is 1.